The first-order valence-electron chi connectivity index (χ1n) is 7.59. The Labute approximate surface area is 144 Å². The summed E-state index contributed by atoms with van der Waals surface area (Å²) in [5.74, 6) is -0.150. The fraction of sp³-hybridized carbons (Fsp3) is 0.500. The van der Waals surface area contributed by atoms with Crippen molar-refractivity contribution < 1.29 is 14.3 Å². The topological polar surface area (TPSA) is 58.6 Å². The lowest BCUT2D eigenvalue weighted by Crippen LogP contribution is -2.54. The van der Waals surface area contributed by atoms with Gasteiger partial charge in [-0.15, -0.1) is 0 Å². The Morgan fingerprint density at radius 2 is 2.35 bits per heavy atom. The van der Waals surface area contributed by atoms with E-state index in [-0.39, 0.29) is 17.9 Å². The Bertz CT molecular complexity index is 654. The van der Waals surface area contributed by atoms with Crippen LogP contribution in [0.2, 0.25) is 5.02 Å². The Kier molecular flexibility index (Phi) is 4.58. The van der Waals surface area contributed by atoms with E-state index >= 15 is 0 Å². The third kappa shape index (κ3) is 2.84. The van der Waals surface area contributed by atoms with Crippen molar-refractivity contribution in [3.8, 4) is 0 Å². The van der Waals surface area contributed by atoms with E-state index in [0.29, 0.717) is 24.5 Å². The molecule has 2 atom stereocenters. The number of fused-ring (bicyclic) bond motifs is 3. The summed E-state index contributed by atoms with van der Waals surface area (Å²) in [5, 5.41) is 3.59. The first-order valence-corrected chi connectivity index (χ1v) is 8.79. The Hall–Kier alpha value is -1.24. The lowest BCUT2D eigenvalue weighted by Gasteiger charge is -2.31. The highest BCUT2D eigenvalue weighted by Gasteiger charge is 2.57. The first kappa shape index (κ1) is 16.6. The molecule has 2 amide bonds. The molecule has 124 valence electrons. The van der Waals surface area contributed by atoms with Crippen molar-refractivity contribution in [2.45, 2.75) is 42.0 Å². The average molecular weight is 355 g/mol. The zero-order valence-electron chi connectivity index (χ0n) is 13.1. The van der Waals surface area contributed by atoms with Gasteiger partial charge in [-0.1, -0.05) is 23.4 Å². The molecule has 0 radical (unpaired) electrons. The maximum atomic E-state index is 12.9. The van der Waals surface area contributed by atoms with Crippen LogP contribution in [-0.2, 0) is 14.3 Å². The van der Waals surface area contributed by atoms with Gasteiger partial charge in [0.1, 0.15) is 0 Å². The number of carbonyl (C=O) groups excluding carboxylic acids is 2. The van der Waals surface area contributed by atoms with Crippen LogP contribution in [0.5, 0.6) is 0 Å². The maximum Gasteiger partial charge on any atom is 0.257 e. The number of thioether (sulfide) groups is 1. The van der Waals surface area contributed by atoms with Gasteiger partial charge in [-0.25, -0.2) is 0 Å². The molecule has 1 fully saturated rings. The van der Waals surface area contributed by atoms with Crippen molar-refractivity contribution in [2.24, 2.45) is 0 Å². The molecule has 3 rings (SSSR count). The molecule has 2 heterocycles. The van der Waals surface area contributed by atoms with E-state index in [2.05, 4.69) is 5.32 Å². The minimum Gasteiger partial charge on any atom is -0.385 e. The Morgan fingerprint density at radius 3 is 3.09 bits per heavy atom. The normalized spacial score (nSPS) is 23.6. The van der Waals surface area contributed by atoms with Crippen LogP contribution in [-0.4, -0.2) is 36.4 Å². The average Bonchev–Trinajstić information content (AvgIpc) is 3.01. The predicted molar refractivity (Wildman–Crippen MR) is 90.9 cm³/mol. The van der Waals surface area contributed by atoms with Crippen LogP contribution in [0.4, 0.5) is 5.69 Å². The summed E-state index contributed by atoms with van der Waals surface area (Å²) in [4.78, 5) is 26.9. The van der Waals surface area contributed by atoms with E-state index < -0.39 is 4.87 Å². The molecule has 1 aromatic rings. The number of halogens is 1. The number of nitrogens with zero attached hydrogens (tertiary/aromatic N) is 1. The lowest BCUT2D eigenvalue weighted by atomic mass is 10.1. The van der Waals surface area contributed by atoms with Crippen molar-refractivity contribution in [2.75, 3.05) is 18.6 Å². The minimum atomic E-state index is -0.884. The van der Waals surface area contributed by atoms with Gasteiger partial charge >= 0.3 is 0 Å². The Balaban J connectivity index is 1.86. The summed E-state index contributed by atoms with van der Waals surface area (Å²) in [5.41, 5.74) is 0.740. The molecule has 1 N–H and O–H groups in total. The van der Waals surface area contributed by atoms with Crippen LogP contribution < -0.4 is 10.2 Å². The summed E-state index contributed by atoms with van der Waals surface area (Å²) in [6.45, 7) is 2.53. The first-order chi connectivity index (χ1) is 11.0. The van der Waals surface area contributed by atoms with Crippen molar-refractivity contribution in [3.63, 3.8) is 0 Å². The molecule has 2 aliphatic heterocycles. The van der Waals surface area contributed by atoms with Gasteiger partial charge in [0.05, 0.1) is 5.69 Å². The second-order valence-corrected chi connectivity index (χ2v) is 7.64. The molecule has 1 aromatic carbocycles. The summed E-state index contributed by atoms with van der Waals surface area (Å²) in [7, 11) is 1.64. The van der Waals surface area contributed by atoms with Crippen LogP contribution in [0.25, 0.3) is 0 Å². The standard InChI is InChI=1S/C16H19ClN2O3S/c1-10(6-8-22-2)18-15(21)16-7-5-14(20)19(16)12-9-11(17)3-4-13(12)23-16/h3-4,9-10H,5-8H2,1-2H3,(H,18,21)/t10-,16-/m0/s1. The number of hydrogen-bond acceptors (Lipinski definition) is 4. The zero-order valence-corrected chi connectivity index (χ0v) is 14.7. The second kappa shape index (κ2) is 6.34. The number of carbonyl (C=O) groups is 2. The maximum absolute atomic E-state index is 12.9. The second-order valence-electron chi connectivity index (χ2n) is 5.88. The van der Waals surface area contributed by atoms with Gasteiger partial charge in [-0.2, -0.15) is 0 Å². The fourth-order valence-corrected chi connectivity index (χ4v) is 4.59. The molecule has 0 aliphatic carbocycles. The van der Waals surface area contributed by atoms with Crippen LogP contribution >= 0.6 is 23.4 Å². The Morgan fingerprint density at radius 1 is 1.57 bits per heavy atom. The van der Waals surface area contributed by atoms with Gasteiger partial charge in [-0.3, -0.25) is 14.5 Å². The molecular formula is C16H19ClN2O3S. The van der Waals surface area contributed by atoms with E-state index in [1.807, 2.05) is 13.0 Å². The van der Waals surface area contributed by atoms with Crippen molar-refractivity contribution in [3.05, 3.63) is 23.2 Å². The van der Waals surface area contributed by atoms with Crippen molar-refractivity contribution in [1.82, 2.24) is 5.32 Å². The van der Waals surface area contributed by atoms with Crippen molar-refractivity contribution >= 4 is 40.9 Å². The number of anilines is 1. The summed E-state index contributed by atoms with van der Waals surface area (Å²) < 4.78 is 5.05. The zero-order chi connectivity index (χ0) is 16.6. The highest BCUT2D eigenvalue weighted by molar-refractivity contribution is 8.02. The third-order valence-electron chi connectivity index (χ3n) is 4.22. The largest absolute Gasteiger partial charge is 0.385 e. The van der Waals surface area contributed by atoms with Crippen LogP contribution in [0.1, 0.15) is 26.2 Å². The third-order valence-corrected chi connectivity index (χ3v) is 5.93. The quantitative estimate of drug-likeness (QED) is 0.883. The molecule has 1 saturated heterocycles. The molecule has 0 spiro atoms. The number of rotatable bonds is 5. The summed E-state index contributed by atoms with van der Waals surface area (Å²) in [6, 6.07) is 5.41. The lowest BCUT2D eigenvalue weighted by molar-refractivity contribution is -0.125. The molecule has 0 aromatic heterocycles. The van der Waals surface area contributed by atoms with E-state index in [1.54, 1.807) is 24.1 Å². The van der Waals surface area contributed by atoms with Crippen LogP contribution in [0.3, 0.4) is 0 Å². The van der Waals surface area contributed by atoms with Gasteiger partial charge in [0.25, 0.3) is 5.91 Å². The van der Waals surface area contributed by atoms with E-state index in [9.17, 15) is 9.59 Å². The SMILES string of the molecule is COCC[C@H](C)NC(=O)[C@@]12CCC(=O)N1c1cc(Cl)ccc1S2. The molecule has 5 nitrogen and oxygen atoms in total. The molecule has 0 saturated carbocycles. The molecule has 7 heteroatoms. The highest BCUT2D eigenvalue weighted by atomic mass is 35.5. The van der Waals surface area contributed by atoms with E-state index in [4.69, 9.17) is 16.3 Å². The molecule has 0 bridgehead atoms. The minimum absolute atomic E-state index is 0.0118. The number of nitrogens with one attached hydrogen (secondary N) is 1. The van der Waals surface area contributed by atoms with Crippen LogP contribution in [0.15, 0.2) is 23.1 Å². The van der Waals surface area contributed by atoms with Crippen LogP contribution in [0, 0.1) is 0 Å². The molecule has 2 aliphatic rings. The van der Waals surface area contributed by atoms with E-state index in [0.717, 1.165) is 17.0 Å². The molecule has 23 heavy (non-hydrogen) atoms. The van der Waals surface area contributed by atoms with Gasteiger partial charge < -0.3 is 10.1 Å². The number of methoxy groups -OCH3 is 1. The number of amides is 2. The van der Waals surface area contributed by atoms with Gasteiger partial charge in [0.2, 0.25) is 5.91 Å². The van der Waals surface area contributed by atoms with Crippen molar-refractivity contribution in [1.29, 1.82) is 0 Å². The number of hydrogen-bond donors (Lipinski definition) is 1. The molecular weight excluding hydrogens is 336 g/mol. The smallest absolute Gasteiger partial charge is 0.257 e. The van der Waals surface area contributed by atoms with Gasteiger partial charge in [0, 0.05) is 36.1 Å². The summed E-state index contributed by atoms with van der Waals surface area (Å²) >= 11 is 7.51. The van der Waals surface area contributed by atoms with E-state index in [1.165, 1.54) is 11.8 Å². The predicted octanol–water partition coefficient (Wildman–Crippen LogP) is 2.81. The monoisotopic (exact) mass is 354 g/mol. The molecule has 0 unspecified atom stereocenters. The fourth-order valence-electron chi connectivity index (χ4n) is 3.03. The van der Waals surface area contributed by atoms with Gasteiger partial charge in [0.15, 0.2) is 4.87 Å². The summed E-state index contributed by atoms with van der Waals surface area (Å²) in [6.07, 6.45) is 1.61. The highest BCUT2D eigenvalue weighted by Crippen LogP contribution is 2.56. The number of ether oxygens (including phenoxy) is 1. The number of benzene rings is 1. The van der Waals surface area contributed by atoms with Gasteiger partial charge in [-0.05, 0) is 38.0 Å².